The van der Waals surface area contributed by atoms with Crippen molar-refractivity contribution in [3.05, 3.63) is 35.2 Å². The number of carbonyl (C=O) groups is 1. The third-order valence-electron chi connectivity index (χ3n) is 4.90. The van der Waals surface area contributed by atoms with Crippen molar-refractivity contribution in [1.82, 2.24) is 25.8 Å². The molecule has 27 heavy (non-hydrogen) atoms. The van der Waals surface area contributed by atoms with Gasteiger partial charge in [0.1, 0.15) is 12.0 Å². The van der Waals surface area contributed by atoms with Gasteiger partial charge in [0.25, 0.3) is 0 Å². The van der Waals surface area contributed by atoms with E-state index in [1.54, 1.807) is 13.1 Å². The van der Waals surface area contributed by atoms with Gasteiger partial charge in [0.15, 0.2) is 0 Å². The Bertz CT molecular complexity index is 671. The molecule has 8 nitrogen and oxygen atoms in total. The highest BCUT2D eigenvalue weighted by atomic mass is 16.2. The van der Waals surface area contributed by atoms with E-state index in [9.17, 15) is 4.79 Å². The van der Waals surface area contributed by atoms with Crippen LogP contribution in [0.1, 0.15) is 24.8 Å². The predicted octanol–water partition coefficient (Wildman–Crippen LogP) is 0.717. The molecule has 2 atom stereocenters. The van der Waals surface area contributed by atoms with Crippen LogP contribution in [0.25, 0.3) is 0 Å². The molecule has 2 unspecified atom stereocenters. The van der Waals surface area contributed by atoms with E-state index in [1.165, 1.54) is 6.21 Å². The zero-order chi connectivity index (χ0) is 19.8. The summed E-state index contributed by atoms with van der Waals surface area (Å²) in [5.74, 6) is 0.842. The van der Waals surface area contributed by atoms with Crippen LogP contribution in [0.4, 0.5) is 5.82 Å². The zero-order valence-corrected chi connectivity index (χ0v) is 16.6. The summed E-state index contributed by atoms with van der Waals surface area (Å²) in [5.41, 5.74) is 3.26. The van der Waals surface area contributed by atoms with Crippen LogP contribution in [0.5, 0.6) is 0 Å². The number of rotatable bonds is 9. The average Bonchev–Trinajstić information content (AvgIpc) is 2.70. The second-order valence-corrected chi connectivity index (χ2v) is 6.62. The summed E-state index contributed by atoms with van der Waals surface area (Å²) >= 11 is 0. The van der Waals surface area contributed by atoms with E-state index in [0.29, 0.717) is 13.1 Å². The molecule has 8 heteroatoms. The lowest BCUT2D eigenvalue weighted by atomic mass is 10.0. The number of amides is 1. The van der Waals surface area contributed by atoms with Crippen molar-refractivity contribution in [2.45, 2.75) is 25.4 Å². The van der Waals surface area contributed by atoms with E-state index in [4.69, 9.17) is 5.41 Å². The standard InChI is InChI=1S/C19H31N7O/c1-13(27)26-8-7-17(22-3)16(12-26)19(23-4)25-18-6-5-14(11-24-18)15(9-20)10-21-2/h5-6,9,11,15,19-23H,7-8,10,12H2,1-4H3,(H,24,25). The molecule has 0 radical (unpaired) electrons. The lowest BCUT2D eigenvalue weighted by molar-refractivity contribution is -0.128. The normalized spacial score (nSPS) is 16.7. The summed E-state index contributed by atoms with van der Waals surface area (Å²) in [6, 6.07) is 3.92. The topological polar surface area (TPSA) is 105 Å². The van der Waals surface area contributed by atoms with Crippen LogP contribution in [0.15, 0.2) is 29.6 Å². The molecule has 1 aromatic rings. The van der Waals surface area contributed by atoms with Crippen LogP contribution in [0.3, 0.4) is 0 Å². The van der Waals surface area contributed by atoms with Crippen molar-refractivity contribution in [2.24, 2.45) is 0 Å². The van der Waals surface area contributed by atoms with E-state index in [1.807, 2.05) is 38.2 Å². The molecule has 1 aromatic heterocycles. The fourth-order valence-corrected chi connectivity index (χ4v) is 3.29. The Morgan fingerprint density at radius 1 is 1.37 bits per heavy atom. The maximum Gasteiger partial charge on any atom is 0.219 e. The summed E-state index contributed by atoms with van der Waals surface area (Å²) in [6.45, 7) is 3.63. The molecular weight excluding hydrogens is 342 g/mol. The van der Waals surface area contributed by atoms with E-state index in [-0.39, 0.29) is 18.0 Å². The summed E-state index contributed by atoms with van der Waals surface area (Å²) in [7, 11) is 5.67. The predicted molar refractivity (Wildman–Crippen MR) is 109 cm³/mol. The molecular formula is C19H31N7O. The molecule has 1 aliphatic heterocycles. The van der Waals surface area contributed by atoms with Gasteiger partial charge in [-0.05, 0) is 25.7 Å². The van der Waals surface area contributed by atoms with E-state index < -0.39 is 0 Å². The molecule has 0 bridgehead atoms. The first-order chi connectivity index (χ1) is 13.0. The lowest BCUT2D eigenvalue weighted by Crippen LogP contribution is -2.46. The Hall–Kier alpha value is -2.45. The van der Waals surface area contributed by atoms with Gasteiger partial charge in [-0.25, -0.2) is 4.98 Å². The van der Waals surface area contributed by atoms with Crippen LogP contribution < -0.4 is 21.3 Å². The monoisotopic (exact) mass is 373 g/mol. The number of pyridine rings is 1. The fourth-order valence-electron chi connectivity index (χ4n) is 3.29. The van der Waals surface area contributed by atoms with Crippen LogP contribution in [-0.2, 0) is 4.79 Å². The average molecular weight is 374 g/mol. The number of carbonyl (C=O) groups excluding carboxylic acids is 1. The van der Waals surface area contributed by atoms with Crippen LogP contribution in [-0.4, -0.2) is 68.9 Å². The minimum absolute atomic E-state index is 0.0118. The minimum atomic E-state index is -0.135. The van der Waals surface area contributed by atoms with Gasteiger partial charge in [-0.2, -0.15) is 0 Å². The maximum atomic E-state index is 11.8. The smallest absolute Gasteiger partial charge is 0.219 e. The first kappa shape index (κ1) is 20.9. The Labute approximate surface area is 161 Å². The number of hydrogen-bond donors (Lipinski definition) is 5. The Balaban J connectivity index is 2.16. The SMILES string of the molecule is CNCC(C=N)c1ccc(NC(NC)C2=C(NC)CCN(C(C)=O)C2)nc1. The zero-order valence-electron chi connectivity index (χ0n) is 16.6. The molecule has 5 N–H and O–H groups in total. The van der Waals surface area contributed by atoms with Crippen LogP contribution >= 0.6 is 0 Å². The second-order valence-electron chi connectivity index (χ2n) is 6.62. The highest BCUT2D eigenvalue weighted by Crippen LogP contribution is 2.21. The number of aromatic nitrogens is 1. The molecule has 0 saturated carbocycles. The first-order valence-corrected chi connectivity index (χ1v) is 9.24. The molecule has 1 aliphatic rings. The van der Waals surface area contributed by atoms with Gasteiger partial charge < -0.3 is 26.3 Å². The van der Waals surface area contributed by atoms with E-state index in [0.717, 1.165) is 35.6 Å². The van der Waals surface area contributed by atoms with Crippen molar-refractivity contribution in [2.75, 3.05) is 46.1 Å². The molecule has 2 rings (SSSR count). The number of nitrogens with one attached hydrogen (secondary N) is 5. The third kappa shape index (κ3) is 5.27. The van der Waals surface area contributed by atoms with Crippen molar-refractivity contribution >= 4 is 17.9 Å². The Morgan fingerprint density at radius 3 is 2.67 bits per heavy atom. The quantitative estimate of drug-likeness (QED) is 0.323. The summed E-state index contributed by atoms with van der Waals surface area (Å²) in [4.78, 5) is 18.2. The molecule has 0 saturated heterocycles. The van der Waals surface area contributed by atoms with E-state index >= 15 is 0 Å². The molecule has 0 aliphatic carbocycles. The summed E-state index contributed by atoms with van der Waals surface area (Å²) in [5, 5.41) is 20.6. The fraction of sp³-hybridized carbons (Fsp3) is 0.526. The van der Waals surface area contributed by atoms with Crippen LogP contribution in [0.2, 0.25) is 0 Å². The molecule has 0 fully saturated rings. The third-order valence-corrected chi connectivity index (χ3v) is 4.90. The molecule has 148 valence electrons. The summed E-state index contributed by atoms with van der Waals surface area (Å²) in [6.07, 6.45) is 3.91. The largest absolute Gasteiger partial charge is 0.391 e. The summed E-state index contributed by atoms with van der Waals surface area (Å²) < 4.78 is 0. The first-order valence-electron chi connectivity index (χ1n) is 9.24. The van der Waals surface area contributed by atoms with E-state index in [2.05, 4.69) is 26.3 Å². The Morgan fingerprint density at radius 2 is 2.15 bits per heavy atom. The number of likely N-dealkylation sites (N-methyl/N-ethyl adjacent to an activating group) is 2. The van der Waals surface area contributed by atoms with Crippen molar-refractivity contribution < 1.29 is 4.79 Å². The van der Waals surface area contributed by atoms with Crippen molar-refractivity contribution in [3.8, 4) is 0 Å². The van der Waals surface area contributed by atoms with Gasteiger partial charge in [0.05, 0.1) is 0 Å². The van der Waals surface area contributed by atoms with Crippen molar-refractivity contribution in [1.29, 1.82) is 5.41 Å². The van der Waals surface area contributed by atoms with Gasteiger partial charge in [-0.1, -0.05) is 6.07 Å². The highest BCUT2D eigenvalue weighted by molar-refractivity contribution is 5.74. The number of hydrogen-bond acceptors (Lipinski definition) is 7. The molecule has 2 heterocycles. The van der Waals surface area contributed by atoms with Crippen LogP contribution in [0, 0.1) is 5.41 Å². The second kappa shape index (κ2) is 10.0. The van der Waals surface area contributed by atoms with Gasteiger partial charge in [0.2, 0.25) is 5.91 Å². The highest BCUT2D eigenvalue weighted by Gasteiger charge is 2.25. The minimum Gasteiger partial charge on any atom is -0.391 e. The molecule has 0 aromatic carbocycles. The van der Waals surface area contributed by atoms with Gasteiger partial charge in [-0.3, -0.25) is 10.1 Å². The van der Waals surface area contributed by atoms with Crippen molar-refractivity contribution in [3.63, 3.8) is 0 Å². The van der Waals surface area contributed by atoms with Gasteiger partial charge in [0, 0.05) is 69.6 Å². The number of anilines is 1. The lowest BCUT2D eigenvalue weighted by Gasteiger charge is -2.34. The maximum absolute atomic E-state index is 11.8. The molecule has 1 amide bonds. The van der Waals surface area contributed by atoms with Gasteiger partial charge >= 0.3 is 0 Å². The van der Waals surface area contributed by atoms with Gasteiger partial charge in [-0.15, -0.1) is 0 Å². The number of nitrogens with zero attached hydrogens (tertiary/aromatic N) is 2. The molecule has 0 spiro atoms. The Kier molecular flexibility index (Phi) is 7.75.